The molecule has 7 rings (SSSR count). The molecule has 0 spiro atoms. The van der Waals surface area contributed by atoms with Crippen LogP contribution in [0.1, 0.15) is 16.9 Å². The largest absolute Gasteiger partial charge is 0.459 e. The van der Waals surface area contributed by atoms with Crippen molar-refractivity contribution in [2.45, 2.75) is 19.5 Å². The number of para-hydroxylation sites is 1. The molecule has 222 valence electrons. The van der Waals surface area contributed by atoms with E-state index in [1.807, 2.05) is 42.5 Å². The Bertz CT molecular complexity index is 1720. The number of rotatable bonds is 7. The van der Waals surface area contributed by atoms with Crippen molar-refractivity contribution in [1.29, 1.82) is 0 Å². The summed E-state index contributed by atoms with van der Waals surface area (Å²) in [7, 11) is 0. The second-order valence-corrected chi connectivity index (χ2v) is 11.5. The van der Waals surface area contributed by atoms with Gasteiger partial charge in [-0.05, 0) is 54.0 Å². The molecule has 0 unspecified atom stereocenters. The number of fused-ring (bicyclic) bond motifs is 1. The van der Waals surface area contributed by atoms with Crippen molar-refractivity contribution in [3.8, 4) is 11.3 Å². The van der Waals surface area contributed by atoms with E-state index in [1.165, 1.54) is 16.8 Å². The molecule has 0 bridgehead atoms. The topological polar surface area (TPSA) is 72.7 Å². The lowest BCUT2D eigenvalue weighted by Crippen LogP contribution is -2.47. The maximum atomic E-state index is 6.04. The summed E-state index contributed by atoms with van der Waals surface area (Å²) >= 11 is 5.68. The average molecular weight is 602 g/mol. The molecule has 4 heterocycles. The number of anilines is 4. The molecule has 0 saturated carbocycles. The van der Waals surface area contributed by atoms with Crippen molar-refractivity contribution >= 4 is 40.6 Å². The van der Waals surface area contributed by atoms with E-state index < -0.39 is 0 Å². The molecule has 0 amide bonds. The average Bonchev–Trinajstić information content (AvgIpc) is 3.57. The van der Waals surface area contributed by atoms with Crippen LogP contribution in [0, 0.1) is 0 Å². The Kier molecular flexibility index (Phi) is 8.10. The normalized spacial score (nSPS) is 14.7. The molecule has 0 atom stereocenters. The predicted octanol–water partition coefficient (Wildman–Crippen LogP) is 6.11. The van der Waals surface area contributed by atoms with Crippen molar-refractivity contribution in [3.63, 3.8) is 0 Å². The van der Waals surface area contributed by atoms with Crippen LogP contribution in [0.5, 0.6) is 0 Å². The van der Waals surface area contributed by atoms with Crippen molar-refractivity contribution in [2.24, 2.45) is 0 Å². The number of nitrogens with zero attached hydrogens (tertiary/aromatic N) is 5. The second kappa shape index (κ2) is 12.8. The van der Waals surface area contributed by atoms with Gasteiger partial charge in [-0.15, -0.1) is 0 Å². The van der Waals surface area contributed by atoms with Crippen molar-refractivity contribution in [1.82, 2.24) is 15.3 Å². The molecule has 2 aliphatic rings. The zero-order chi connectivity index (χ0) is 29.7. The third-order valence-electron chi connectivity index (χ3n) is 8.25. The van der Waals surface area contributed by atoms with E-state index in [0.717, 1.165) is 74.4 Å². The summed E-state index contributed by atoms with van der Waals surface area (Å²) in [5.41, 5.74) is 5.05. The van der Waals surface area contributed by atoms with E-state index in [1.54, 1.807) is 0 Å². The molecule has 0 radical (unpaired) electrons. The zero-order valence-electron chi connectivity index (χ0n) is 24.5. The van der Waals surface area contributed by atoms with Gasteiger partial charge in [-0.2, -0.15) is 9.97 Å². The second-order valence-electron chi connectivity index (χ2n) is 11.1. The summed E-state index contributed by atoms with van der Waals surface area (Å²) in [4.78, 5) is 17.0. The first-order chi connectivity index (χ1) is 21.7. The minimum Gasteiger partial charge on any atom is -0.459 e. The molecule has 2 aliphatic heterocycles. The van der Waals surface area contributed by atoms with Crippen LogP contribution in [0.2, 0.25) is 0 Å². The van der Waals surface area contributed by atoms with Crippen LogP contribution in [-0.4, -0.2) is 47.8 Å². The van der Waals surface area contributed by atoms with Crippen LogP contribution < -0.4 is 25.3 Å². The lowest BCUT2D eigenvalue weighted by molar-refractivity contribution is 0.516. The van der Waals surface area contributed by atoms with Crippen LogP contribution >= 0.6 is 12.2 Å². The minimum absolute atomic E-state index is 0.448. The van der Waals surface area contributed by atoms with E-state index in [4.69, 9.17) is 26.6 Å². The zero-order valence-corrected chi connectivity index (χ0v) is 25.3. The van der Waals surface area contributed by atoms with Gasteiger partial charge < -0.3 is 29.8 Å². The van der Waals surface area contributed by atoms with Gasteiger partial charge in [0, 0.05) is 56.6 Å². The number of furan rings is 1. The Morgan fingerprint density at radius 2 is 1.36 bits per heavy atom. The summed E-state index contributed by atoms with van der Waals surface area (Å²) in [6.45, 7) is 5.78. The molecule has 5 aromatic rings. The number of piperazine rings is 1. The molecule has 1 saturated heterocycles. The van der Waals surface area contributed by atoms with Gasteiger partial charge >= 0.3 is 0 Å². The molecule has 0 aliphatic carbocycles. The van der Waals surface area contributed by atoms with Crippen LogP contribution in [0.4, 0.5) is 23.3 Å². The van der Waals surface area contributed by atoms with Gasteiger partial charge in [0.15, 0.2) is 5.11 Å². The number of aromatic nitrogens is 2. The first kappa shape index (κ1) is 27.9. The number of benzene rings is 3. The number of thiocarbonyl (C=S) groups is 1. The molecule has 44 heavy (non-hydrogen) atoms. The number of hydrogen-bond acceptors (Lipinski definition) is 7. The first-order valence-corrected chi connectivity index (χ1v) is 15.5. The maximum absolute atomic E-state index is 6.04. The van der Waals surface area contributed by atoms with E-state index in [-0.39, 0.29) is 0 Å². The molecular weight excluding hydrogens is 567 g/mol. The SMILES string of the molecule is S=C(NCc1ccc(-c2ccccc2)o1)Nc1nc(N2CCN(c3ccccc3)CC2)cc(N2CCc3ccccc3C2)n1. The molecule has 2 aromatic heterocycles. The quantitative estimate of drug-likeness (QED) is 0.215. The summed E-state index contributed by atoms with van der Waals surface area (Å²) in [5, 5.41) is 6.96. The Balaban J connectivity index is 1.07. The van der Waals surface area contributed by atoms with Crippen LogP contribution in [0.15, 0.2) is 108 Å². The molecule has 1 fully saturated rings. The smallest absolute Gasteiger partial charge is 0.232 e. The van der Waals surface area contributed by atoms with E-state index >= 15 is 0 Å². The lowest BCUT2D eigenvalue weighted by Gasteiger charge is -2.37. The van der Waals surface area contributed by atoms with E-state index in [0.29, 0.717) is 17.6 Å². The third kappa shape index (κ3) is 6.38. The van der Waals surface area contributed by atoms with Gasteiger partial charge in [0.2, 0.25) is 5.95 Å². The predicted molar refractivity (Wildman–Crippen MR) is 181 cm³/mol. The molecular formula is C35H35N7OS. The van der Waals surface area contributed by atoms with Gasteiger partial charge in [0.1, 0.15) is 23.2 Å². The van der Waals surface area contributed by atoms with Crippen molar-refractivity contribution in [2.75, 3.05) is 52.7 Å². The van der Waals surface area contributed by atoms with Gasteiger partial charge in [0.05, 0.1) is 6.54 Å². The highest BCUT2D eigenvalue weighted by molar-refractivity contribution is 7.80. The minimum atomic E-state index is 0.448. The third-order valence-corrected chi connectivity index (χ3v) is 8.49. The summed E-state index contributed by atoms with van der Waals surface area (Å²) < 4.78 is 6.04. The fourth-order valence-electron chi connectivity index (χ4n) is 5.87. The van der Waals surface area contributed by atoms with Gasteiger partial charge in [-0.25, -0.2) is 0 Å². The van der Waals surface area contributed by atoms with E-state index in [9.17, 15) is 0 Å². The number of nitrogens with one attached hydrogen (secondary N) is 2. The van der Waals surface area contributed by atoms with E-state index in [2.05, 4.69) is 86.0 Å². The van der Waals surface area contributed by atoms with Gasteiger partial charge in [-0.1, -0.05) is 72.8 Å². The van der Waals surface area contributed by atoms with Crippen molar-refractivity contribution in [3.05, 3.63) is 120 Å². The maximum Gasteiger partial charge on any atom is 0.232 e. The highest BCUT2D eigenvalue weighted by Crippen LogP contribution is 2.28. The Morgan fingerprint density at radius 1 is 0.705 bits per heavy atom. The standard InChI is InChI=1S/C35H35N7OS/c44-35(36-24-30-15-16-31(43-30)27-10-3-1-4-11-27)39-34-37-32(41-21-19-40(20-22-41)29-13-5-2-6-14-29)23-33(38-34)42-18-17-26-9-7-8-12-28(26)25-42/h1-16,23H,17-22,24-25H2,(H2,36,37,38,39,44). The van der Waals surface area contributed by atoms with Crippen LogP contribution in [0.3, 0.4) is 0 Å². The fourth-order valence-corrected chi connectivity index (χ4v) is 6.03. The fraction of sp³-hybridized carbons (Fsp3) is 0.229. The highest BCUT2D eigenvalue weighted by atomic mass is 32.1. The monoisotopic (exact) mass is 601 g/mol. The van der Waals surface area contributed by atoms with Crippen molar-refractivity contribution < 1.29 is 4.42 Å². The molecule has 2 N–H and O–H groups in total. The summed E-state index contributed by atoms with van der Waals surface area (Å²) in [6.07, 6.45) is 0.988. The Labute approximate surface area is 263 Å². The Morgan fingerprint density at radius 3 is 2.14 bits per heavy atom. The van der Waals surface area contributed by atoms with Gasteiger partial charge in [-0.3, -0.25) is 0 Å². The van der Waals surface area contributed by atoms with Crippen LogP contribution in [0.25, 0.3) is 11.3 Å². The number of hydrogen-bond donors (Lipinski definition) is 2. The van der Waals surface area contributed by atoms with Gasteiger partial charge in [0.25, 0.3) is 0 Å². The molecule has 3 aromatic carbocycles. The highest BCUT2D eigenvalue weighted by Gasteiger charge is 2.23. The Hall–Kier alpha value is -4.89. The summed E-state index contributed by atoms with van der Waals surface area (Å²) in [5.74, 6) is 3.93. The molecule has 9 heteroatoms. The first-order valence-electron chi connectivity index (χ1n) is 15.1. The summed E-state index contributed by atoms with van der Waals surface area (Å²) in [6, 6.07) is 35.4. The molecule has 8 nitrogen and oxygen atoms in total. The van der Waals surface area contributed by atoms with Crippen LogP contribution in [-0.2, 0) is 19.5 Å². The lowest BCUT2D eigenvalue weighted by atomic mass is 10.00.